The van der Waals surface area contributed by atoms with Crippen molar-refractivity contribution >= 4 is 5.78 Å². The van der Waals surface area contributed by atoms with Gasteiger partial charge in [-0.2, -0.15) is 0 Å². The van der Waals surface area contributed by atoms with E-state index in [0.717, 1.165) is 25.7 Å². The summed E-state index contributed by atoms with van der Waals surface area (Å²) in [5.74, 6) is 0.0512. The molecule has 1 aromatic heterocycles. The van der Waals surface area contributed by atoms with E-state index < -0.39 is 5.54 Å². The molecule has 3 nitrogen and oxygen atoms in total. The second-order valence-electron chi connectivity index (χ2n) is 4.29. The largest absolute Gasteiger partial charge is 0.319 e. The molecule has 2 rings (SSSR count). The molecule has 0 aromatic carbocycles. The van der Waals surface area contributed by atoms with Gasteiger partial charge in [-0.3, -0.25) is 9.78 Å². The summed E-state index contributed by atoms with van der Waals surface area (Å²) in [7, 11) is 0. The van der Waals surface area contributed by atoms with Gasteiger partial charge in [0.05, 0.1) is 5.54 Å². The maximum atomic E-state index is 12.2. The topological polar surface area (TPSA) is 56.0 Å². The van der Waals surface area contributed by atoms with Crippen molar-refractivity contribution in [2.75, 3.05) is 0 Å². The van der Waals surface area contributed by atoms with Gasteiger partial charge in [-0.25, -0.2) is 0 Å². The molecular formula is C12H16N2O. The number of Topliss-reactive ketones (excluding diaryl/α,β-unsaturated/α-hetero) is 1. The van der Waals surface area contributed by atoms with Crippen LogP contribution in [0.25, 0.3) is 0 Å². The van der Waals surface area contributed by atoms with Crippen LogP contribution >= 0.6 is 0 Å². The molecule has 0 amide bonds. The van der Waals surface area contributed by atoms with Crippen molar-refractivity contribution in [1.82, 2.24) is 4.98 Å². The third-order valence-corrected chi connectivity index (χ3v) is 3.12. The first-order valence-electron chi connectivity index (χ1n) is 5.46. The molecule has 0 atom stereocenters. The van der Waals surface area contributed by atoms with Crippen LogP contribution in [0.5, 0.6) is 0 Å². The Morgan fingerprint density at radius 3 is 2.67 bits per heavy atom. The quantitative estimate of drug-likeness (QED) is 0.749. The molecule has 80 valence electrons. The lowest BCUT2D eigenvalue weighted by Crippen LogP contribution is -2.49. The van der Waals surface area contributed by atoms with E-state index in [-0.39, 0.29) is 5.78 Å². The molecule has 1 fully saturated rings. The van der Waals surface area contributed by atoms with Crippen molar-refractivity contribution in [3.63, 3.8) is 0 Å². The minimum Gasteiger partial charge on any atom is -0.319 e. The average molecular weight is 204 g/mol. The molecule has 3 heteroatoms. The summed E-state index contributed by atoms with van der Waals surface area (Å²) in [6.45, 7) is 0. The van der Waals surface area contributed by atoms with E-state index in [9.17, 15) is 4.79 Å². The third kappa shape index (κ3) is 2.07. The lowest BCUT2D eigenvalue weighted by Gasteiger charge is -2.31. The number of ketones is 1. The number of hydrogen-bond acceptors (Lipinski definition) is 3. The normalized spacial score (nSPS) is 19.8. The summed E-state index contributed by atoms with van der Waals surface area (Å²) >= 11 is 0. The Labute approximate surface area is 89.7 Å². The standard InChI is InChI=1S/C12H16N2O/c13-12(6-2-1-3-7-12)11(15)10-5-4-8-14-9-10/h4-5,8-9H,1-3,6-7,13H2. The van der Waals surface area contributed by atoms with Gasteiger partial charge in [-0.05, 0) is 25.0 Å². The van der Waals surface area contributed by atoms with Gasteiger partial charge in [-0.15, -0.1) is 0 Å². The summed E-state index contributed by atoms with van der Waals surface area (Å²) in [6, 6.07) is 3.57. The number of nitrogens with two attached hydrogens (primary N) is 1. The Hall–Kier alpha value is -1.22. The molecule has 0 bridgehead atoms. The Morgan fingerprint density at radius 2 is 2.07 bits per heavy atom. The minimum atomic E-state index is -0.638. The predicted octanol–water partition coefficient (Wildman–Crippen LogP) is 1.93. The fraction of sp³-hybridized carbons (Fsp3) is 0.500. The fourth-order valence-electron chi connectivity index (χ4n) is 2.19. The van der Waals surface area contributed by atoms with Gasteiger partial charge in [0, 0.05) is 18.0 Å². The van der Waals surface area contributed by atoms with Gasteiger partial charge in [0.1, 0.15) is 0 Å². The second kappa shape index (κ2) is 4.11. The minimum absolute atomic E-state index is 0.0512. The van der Waals surface area contributed by atoms with Gasteiger partial charge in [0.2, 0.25) is 0 Å². The van der Waals surface area contributed by atoms with Crippen LogP contribution < -0.4 is 5.73 Å². The first kappa shape index (κ1) is 10.3. The second-order valence-corrected chi connectivity index (χ2v) is 4.29. The van der Waals surface area contributed by atoms with Crippen LogP contribution in [0, 0.1) is 0 Å². The van der Waals surface area contributed by atoms with Gasteiger partial charge in [0.15, 0.2) is 5.78 Å². The molecule has 0 saturated heterocycles. The summed E-state index contributed by atoms with van der Waals surface area (Å²) in [4.78, 5) is 16.1. The van der Waals surface area contributed by atoms with Crippen molar-refractivity contribution < 1.29 is 4.79 Å². The molecule has 0 spiro atoms. The summed E-state index contributed by atoms with van der Waals surface area (Å²) in [5, 5.41) is 0. The van der Waals surface area contributed by atoms with E-state index in [0.29, 0.717) is 5.56 Å². The Morgan fingerprint density at radius 1 is 1.33 bits per heavy atom. The van der Waals surface area contributed by atoms with Crippen LogP contribution in [0.4, 0.5) is 0 Å². The SMILES string of the molecule is NC1(C(=O)c2cccnc2)CCCCC1. The van der Waals surface area contributed by atoms with Crippen LogP contribution in [0.15, 0.2) is 24.5 Å². The molecule has 15 heavy (non-hydrogen) atoms. The zero-order valence-electron chi connectivity index (χ0n) is 8.78. The number of pyridine rings is 1. The average Bonchev–Trinajstić information content (AvgIpc) is 2.30. The molecule has 0 radical (unpaired) electrons. The summed E-state index contributed by atoms with van der Waals surface area (Å²) in [5.41, 5.74) is 6.16. The molecule has 1 aliphatic rings. The summed E-state index contributed by atoms with van der Waals surface area (Å²) in [6.07, 6.45) is 8.19. The molecule has 1 saturated carbocycles. The van der Waals surface area contributed by atoms with Gasteiger partial charge >= 0.3 is 0 Å². The highest BCUT2D eigenvalue weighted by Gasteiger charge is 2.35. The number of aromatic nitrogens is 1. The van der Waals surface area contributed by atoms with E-state index >= 15 is 0 Å². The smallest absolute Gasteiger partial charge is 0.184 e. The van der Waals surface area contributed by atoms with Crippen molar-refractivity contribution in [2.24, 2.45) is 5.73 Å². The maximum absolute atomic E-state index is 12.2. The van der Waals surface area contributed by atoms with E-state index in [1.165, 1.54) is 6.42 Å². The third-order valence-electron chi connectivity index (χ3n) is 3.12. The molecule has 0 aliphatic heterocycles. The number of hydrogen-bond donors (Lipinski definition) is 1. The molecule has 2 N–H and O–H groups in total. The Balaban J connectivity index is 2.20. The zero-order valence-corrected chi connectivity index (χ0v) is 8.78. The van der Waals surface area contributed by atoms with Crippen molar-refractivity contribution in [3.8, 4) is 0 Å². The predicted molar refractivity (Wildman–Crippen MR) is 58.6 cm³/mol. The lowest BCUT2D eigenvalue weighted by molar-refractivity contribution is 0.0847. The van der Waals surface area contributed by atoms with Crippen LogP contribution in [-0.2, 0) is 0 Å². The molecule has 1 aromatic rings. The number of carbonyl (C=O) groups excluding carboxylic acids is 1. The van der Waals surface area contributed by atoms with Crippen molar-refractivity contribution in [3.05, 3.63) is 30.1 Å². The van der Waals surface area contributed by atoms with Crippen molar-refractivity contribution in [1.29, 1.82) is 0 Å². The van der Waals surface area contributed by atoms with E-state index in [4.69, 9.17) is 5.73 Å². The maximum Gasteiger partial charge on any atom is 0.184 e. The van der Waals surface area contributed by atoms with Crippen molar-refractivity contribution in [2.45, 2.75) is 37.6 Å². The van der Waals surface area contributed by atoms with Crippen LogP contribution in [0.2, 0.25) is 0 Å². The Bertz CT molecular complexity index is 342. The first-order valence-corrected chi connectivity index (χ1v) is 5.46. The summed E-state index contributed by atoms with van der Waals surface area (Å²) < 4.78 is 0. The molecule has 1 heterocycles. The van der Waals surface area contributed by atoms with Crippen LogP contribution in [-0.4, -0.2) is 16.3 Å². The number of rotatable bonds is 2. The number of nitrogens with zero attached hydrogens (tertiary/aromatic N) is 1. The first-order chi connectivity index (χ1) is 7.22. The van der Waals surface area contributed by atoms with E-state index in [2.05, 4.69) is 4.98 Å². The van der Waals surface area contributed by atoms with Gasteiger partial charge in [0.25, 0.3) is 0 Å². The zero-order chi connectivity index (χ0) is 10.7. The molecule has 0 unspecified atom stereocenters. The van der Waals surface area contributed by atoms with Crippen LogP contribution in [0.3, 0.4) is 0 Å². The van der Waals surface area contributed by atoms with E-state index in [1.807, 2.05) is 0 Å². The Kier molecular flexibility index (Phi) is 2.82. The van der Waals surface area contributed by atoms with Gasteiger partial charge in [-0.1, -0.05) is 19.3 Å². The van der Waals surface area contributed by atoms with E-state index in [1.54, 1.807) is 24.5 Å². The fourth-order valence-corrected chi connectivity index (χ4v) is 2.19. The van der Waals surface area contributed by atoms with Crippen LogP contribution in [0.1, 0.15) is 42.5 Å². The monoisotopic (exact) mass is 204 g/mol. The van der Waals surface area contributed by atoms with Gasteiger partial charge < -0.3 is 5.73 Å². The lowest BCUT2D eigenvalue weighted by atomic mass is 9.78. The number of carbonyl (C=O) groups is 1. The highest BCUT2D eigenvalue weighted by atomic mass is 16.1. The highest BCUT2D eigenvalue weighted by Crippen LogP contribution is 2.28. The molecular weight excluding hydrogens is 188 g/mol. The highest BCUT2D eigenvalue weighted by molar-refractivity contribution is 6.02. The molecule has 1 aliphatic carbocycles.